The summed E-state index contributed by atoms with van der Waals surface area (Å²) in [4.78, 5) is 0. The molecule has 0 bridgehead atoms. The van der Waals surface area contributed by atoms with Crippen molar-refractivity contribution in [1.29, 1.82) is 0 Å². The second-order valence-electron chi connectivity index (χ2n) is 6.42. The van der Waals surface area contributed by atoms with Crippen LogP contribution in [0.25, 0.3) is 38.4 Å². The van der Waals surface area contributed by atoms with Crippen molar-refractivity contribution in [1.82, 2.24) is 0 Å². The summed E-state index contributed by atoms with van der Waals surface area (Å²) in [6, 6.07) is 19.4. The molecular formula is C22H18O. The van der Waals surface area contributed by atoms with Crippen molar-refractivity contribution in [3.8, 4) is 11.1 Å². The van der Waals surface area contributed by atoms with Gasteiger partial charge in [0.05, 0.1) is 0 Å². The standard InChI is InChI=1S/C22H18O/c1-2-8-15(9-3-1)22-21-17-11-5-4-10-16(17)14-19(21)18-12-6-7-13-20(18)23-22/h4-8,10-14H,1-3,9H2. The topological polar surface area (TPSA) is 13.1 Å². The zero-order valence-corrected chi connectivity index (χ0v) is 13.0. The summed E-state index contributed by atoms with van der Waals surface area (Å²) in [6.45, 7) is 0. The van der Waals surface area contributed by atoms with Crippen molar-refractivity contribution in [3.05, 3.63) is 66.4 Å². The summed E-state index contributed by atoms with van der Waals surface area (Å²) in [5.41, 5.74) is 4.96. The Morgan fingerprint density at radius 2 is 1.65 bits per heavy atom. The van der Waals surface area contributed by atoms with E-state index in [4.69, 9.17) is 4.42 Å². The van der Waals surface area contributed by atoms with Gasteiger partial charge in [-0.15, -0.1) is 0 Å². The maximum atomic E-state index is 6.41. The van der Waals surface area contributed by atoms with Crippen LogP contribution in [0.15, 0.2) is 65.1 Å². The lowest BCUT2D eigenvalue weighted by Gasteiger charge is -2.17. The molecule has 3 aliphatic rings. The average Bonchev–Trinajstić information content (AvgIpc) is 3.02. The Hall–Kier alpha value is -2.54. The van der Waals surface area contributed by atoms with Gasteiger partial charge in [0.25, 0.3) is 0 Å². The van der Waals surface area contributed by atoms with Crippen molar-refractivity contribution < 1.29 is 4.42 Å². The van der Waals surface area contributed by atoms with Gasteiger partial charge in [0.2, 0.25) is 0 Å². The van der Waals surface area contributed by atoms with Crippen molar-refractivity contribution in [2.75, 3.05) is 0 Å². The maximum Gasteiger partial charge on any atom is 0.138 e. The third-order valence-electron chi connectivity index (χ3n) is 5.00. The molecule has 1 aliphatic heterocycles. The first kappa shape index (κ1) is 13.0. The fourth-order valence-corrected chi connectivity index (χ4v) is 3.89. The molecule has 112 valence electrons. The normalized spacial score (nSPS) is 15.4. The maximum absolute atomic E-state index is 6.41. The van der Waals surface area contributed by atoms with Crippen LogP contribution in [-0.4, -0.2) is 0 Å². The Morgan fingerprint density at radius 1 is 0.826 bits per heavy atom. The minimum Gasteiger partial charge on any atom is -0.456 e. The van der Waals surface area contributed by atoms with Crippen LogP contribution >= 0.6 is 0 Å². The van der Waals surface area contributed by atoms with Crippen LogP contribution in [0.1, 0.15) is 31.4 Å². The molecule has 2 aromatic carbocycles. The Morgan fingerprint density at radius 3 is 2.52 bits per heavy atom. The van der Waals surface area contributed by atoms with Gasteiger partial charge in [0, 0.05) is 10.9 Å². The van der Waals surface area contributed by atoms with E-state index in [0.29, 0.717) is 0 Å². The molecule has 0 saturated heterocycles. The lowest BCUT2D eigenvalue weighted by Crippen LogP contribution is -1.95. The number of para-hydroxylation sites is 1. The van der Waals surface area contributed by atoms with E-state index in [1.165, 1.54) is 45.7 Å². The third-order valence-corrected chi connectivity index (χ3v) is 5.00. The SMILES string of the molecule is C1=C(c2oc3ccccc3c3cc4ccccc4c2-3)CCCC1. The van der Waals surface area contributed by atoms with E-state index in [9.17, 15) is 0 Å². The van der Waals surface area contributed by atoms with E-state index in [1.807, 2.05) is 0 Å². The summed E-state index contributed by atoms with van der Waals surface area (Å²) in [5, 5.41) is 3.81. The molecule has 0 fully saturated rings. The molecule has 0 aromatic heterocycles. The van der Waals surface area contributed by atoms with E-state index in [0.717, 1.165) is 24.2 Å². The lowest BCUT2D eigenvalue weighted by molar-refractivity contribution is 0.580. The molecule has 1 heterocycles. The molecule has 5 rings (SSSR count). The summed E-state index contributed by atoms with van der Waals surface area (Å²) in [6.07, 6.45) is 7.21. The zero-order chi connectivity index (χ0) is 15.2. The molecule has 2 aliphatic carbocycles. The highest BCUT2D eigenvalue weighted by molar-refractivity contribution is 6.12. The van der Waals surface area contributed by atoms with Gasteiger partial charge >= 0.3 is 0 Å². The number of fused-ring (bicyclic) bond motifs is 5. The molecule has 0 spiro atoms. The van der Waals surface area contributed by atoms with Crippen LogP contribution in [0.4, 0.5) is 0 Å². The molecular weight excluding hydrogens is 280 g/mol. The van der Waals surface area contributed by atoms with Gasteiger partial charge in [0.15, 0.2) is 0 Å². The Labute approximate surface area is 135 Å². The van der Waals surface area contributed by atoms with E-state index >= 15 is 0 Å². The highest BCUT2D eigenvalue weighted by Crippen LogP contribution is 2.45. The minimum absolute atomic E-state index is 0.983. The molecule has 1 nitrogen and oxygen atoms in total. The van der Waals surface area contributed by atoms with Gasteiger partial charge in [-0.25, -0.2) is 0 Å². The molecule has 0 radical (unpaired) electrons. The molecule has 0 atom stereocenters. The van der Waals surface area contributed by atoms with E-state index in [-0.39, 0.29) is 0 Å². The summed E-state index contributed by atoms with van der Waals surface area (Å²) < 4.78 is 6.41. The molecule has 1 heteroatoms. The number of hydrogen-bond donors (Lipinski definition) is 0. The van der Waals surface area contributed by atoms with Crippen LogP contribution < -0.4 is 0 Å². The van der Waals surface area contributed by atoms with Gasteiger partial charge in [-0.05, 0) is 59.7 Å². The van der Waals surface area contributed by atoms with Gasteiger partial charge in [-0.2, -0.15) is 0 Å². The number of allylic oxidation sites excluding steroid dienone is 2. The molecule has 0 amide bonds. The predicted octanol–water partition coefficient (Wildman–Crippen LogP) is 6.65. The second kappa shape index (κ2) is 4.99. The van der Waals surface area contributed by atoms with Gasteiger partial charge < -0.3 is 4.42 Å². The Kier molecular flexibility index (Phi) is 2.81. The smallest absolute Gasteiger partial charge is 0.138 e. The first-order valence-corrected chi connectivity index (χ1v) is 8.44. The average molecular weight is 298 g/mol. The summed E-state index contributed by atoms with van der Waals surface area (Å²) in [5.74, 6) is 1.08. The van der Waals surface area contributed by atoms with Crippen LogP contribution in [0, 0.1) is 0 Å². The number of benzene rings is 2. The van der Waals surface area contributed by atoms with E-state index in [1.54, 1.807) is 0 Å². The van der Waals surface area contributed by atoms with Crippen LogP contribution in [-0.2, 0) is 0 Å². The lowest BCUT2D eigenvalue weighted by atomic mass is 9.92. The molecule has 2 aromatic rings. The highest BCUT2D eigenvalue weighted by Gasteiger charge is 2.22. The Balaban J connectivity index is 1.96. The fourth-order valence-electron chi connectivity index (χ4n) is 3.89. The van der Waals surface area contributed by atoms with Crippen molar-refractivity contribution in [3.63, 3.8) is 0 Å². The van der Waals surface area contributed by atoms with Gasteiger partial charge in [-0.3, -0.25) is 0 Å². The third kappa shape index (κ3) is 1.93. The van der Waals surface area contributed by atoms with Gasteiger partial charge in [-0.1, -0.05) is 48.5 Å². The number of hydrogen-bond acceptors (Lipinski definition) is 1. The van der Waals surface area contributed by atoms with Crippen molar-refractivity contribution in [2.45, 2.75) is 25.7 Å². The zero-order valence-electron chi connectivity index (χ0n) is 13.0. The minimum atomic E-state index is 0.983. The molecule has 23 heavy (non-hydrogen) atoms. The highest BCUT2D eigenvalue weighted by atomic mass is 16.3. The monoisotopic (exact) mass is 298 g/mol. The first-order valence-electron chi connectivity index (χ1n) is 8.44. The van der Waals surface area contributed by atoms with Crippen molar-refractivity contribution >= 4 is 27.3 Å². The quantitative estimate of drug-likeness (QED) is 0.383. The largest absolute Gasteiger partial charge is 0.456 e. The number of rotatable bonds is 1. The predicted molar refractivity (Wildman–Crippen MR) is 96.8 cm³/mol. The van der Waals surface area contributed by atoms with Crippen LogP contribution in [0.3, 0.4) is 0 Å². The molecule has 0 saturated carbocycles. The second-order valence-corrected chi connectivity index (χ2v) is 6.42. The first-order chi connectivity index (χ1) is 11.4. The van der Waals surface area contributed by atoms with Crippen LogP contribution in [0.5, 0.6) is 0 Å². The Bertz CT molecular complexity index is 1020. The molecule has 0 N–H and O–H groups in total. The van der Waals surface area contributed by atoms with Crippen LogP contribution in [0.2, 0.25) is 0 Å². The summed E-state index contributed by atoms with van der Waals surface area (Å²) >= 11 is 0. The van der Waals surface area contributed by atoms with E-state index in [2.05, 4.69) is 60.7 Å². The van der Waals surface area contributed by atoms with Gasteiger partial charge in [0.1, 0.15) is 11.3 Å². The molecule has 0 unspecified atom stereocenters. The summed E-state index contributed by atoms with van der Waals surface area (Å²) in [7, 11) is 0. The van der Waals surface area contributed by atoms with E-state index < -0.39 is 0 Å². The van der Waals surface area contributed by atoms with Crippen molar-refractivity contribution in [2.24, 2.45) is 0 Å². The fraction of sp³-hybridized carbons (Fsp3) is 0.182.